The Morgan fingerprint density at radius 2 is 2.30 bits per heavy atom. The van der Waals surface area contributed by atoms with Crippen molar-refractivity contribution in [2.75, 3.05) is 31.6 Å². The molecule has 1 aliphatic heterocycles. The van der Waals surface area contributed by atoms with Crippen molar-refractivity contribution < 1.29 is 4.74 Å². The van der Waals surface area contributed by atoms with E-state index in [1.165, 1.54) is 30.4 Å². The molecule has 1 saturated heterocycles. The summed E-state index contributed by atoms with van der Waals surface area (Å²) < 4.78 is 5.81. The lowest BCUT2D eigenvalue weighted by Gasteiger charge is -2.28. The molecule has 1 N–H and O–H groups in total. The largest absolute Gasteiger partial charge is 0.376 e. The molecule has 0 radical (unpaired) electrons. The van der Waals surface area contributed by atoms with Gasteiger partial charge < -0.3 is 15.0 Å². The highest BCUT2D eigenvalue weighted by Gasteiger charge is 2.17. The van der Waals surface area contributed by atoms with Crippen LogP contribution in [0, 0.1) is 6.92 Å². The van der Waals surface area contributed by atoms with Gasteiger partial charge in [-0.15, -0.1) is 0 Å². The molecule has 1 aliphatic rings. The second kappa shape index (κ2) is 7.60. The highest BCUT2D eigenvalue weighted by Crippen LogP contribution is 2.20. The number of nitrogens with zero attached hydrogens (tertiary/aromatic N) is 2. The lowest BCUT2D eigenvalue weighted by atomic mass is 10.1. The Kier molecular flexibility index (Phi) is 5.80. The molecule has 1 atom stereocenters. The van der Waals surface area contributed by atoms with Crippen LogP contribution < -0.4 is 10.2 Å². The quantitative estimate of drug-likeness (QED) is 0.867. The van der Waals surface area contributed by atoms with E-state index >= 15 is 0 Å². The van der Waals surface area contributed by atoms with Gasteiger partial charge in [0, 0.05) is 32.9 Å². The molecule has 1 aromatic rings. The molecular weight excluding hydrogens is 250 g/mol. The fourth-order valence-electron chi connectivity index (χ4n) is 2.73. The lowest BCUT2D eigenvalue weighted by Crippen LogP contribution is -2.34. The van der Waals surface area contributed by atoms with Crippen molar-refractivity contribution >= 4 is 5.82 Å². The summed E-state index contributed by atoms with van der Waals surface area (Å²) in [6, 6.07) is 2.23. The summed E-state index contributed by atoms with van der Waals surface area (Å²) in [5.41, 5.74) is 2.48. The third kappa shape index (κ3) is 4.18. The number of pyridine rings is 1. The first-order valence-corrected chi connectivity index (χ1v) is 7.69. The van der Waals surface area contributed by atoms with Gasteiger partial charge in [-0.1, -0.05) is 6.92 Å². The molecule has 0 aromatic carbocycles. The Balaban J connectivity index is 1.96. The summed E-state index contributed by atoms with van der Waals surface area (Å²) in [4.78, 5) is 6.85. The summed E-state index contributed by atoms with van der Waals surface area (Å²) in [7, 11) is 2.11. The molecule has 1 fully saturated rings. The number of nitrogens with one attached hydrogen (secondary N) is 1. The van der Waals surface area contributed by atoms with Gasteiger partial charge >= 0.3 is 0 Å². The van der Waals surface area contributed by atoms with Gasteiger partial charge in [-0.2, -0.15) is 0 Å². The van der Waals surface area contributed by atoms with E-state index in [4.69, 9.17) is 4.74 Å². The normalized spacial score (nSPS) is 19.1. The molecule has 0 saturated carbocycles. The van der Waals surface area contributed by atoms with Crippen LogP contribution in [0.3, 0.4) is 0 Å². The van der Waals surface area contributed by atoms with Gasteiger partial charge in [0.1, 0.15) is 5.82 Å². The van der Waals surface area contributed by atoms with E-state index < -0.39 is 0 Å². The molecule has 0 spiro atoms. The van der Waals surface area contributed by atoms with Crippen LogP contribution in [-0.2, 0) is 11.3 Å². The van der Waals surface area contributed by atoms with Gasteiger partial charge in [0.2, 0.25) is 0 Å². The minimum Gasteiger partial charge on any atom is -0.376 e. The molecule has 0 amide bonds. The minimum absolute atomic E-state index is 0.358. The Bertz CT molecular complexity index is 416. The molecule has 2 heterocycles. The fourth-order valence-corrected chi connectivity index (χ4v) is 2.73. The van der Waals surface area contributed by atoms with E-state index in [2.05, 4.69) is 42.2 Å². The van der Waals surface area contributed by atoms with Crippen LogP contribution in [-0.4, -0.2) is 37.8 Å². The number of ether oxygens (including phenoxy) is 1. The Morgan fingerprint density at radius 3 is 2.95 bits per heavy atom. The molecule has 20 heavy (non-hydrogen) atoms. The lowest BCUT2D eigenvalue weighted by molar-refractivity contribution is 0.0215. The maximum atomic E-state index is 5.81. The Hall–Kier alpha value is -1.13. The Labute approximate surface area is 122 Å². The zero-order chi connectivity index (χ0) is 14.4. The summed E-state index contributed by atoms with van der Waals surface area (Å²) >= 11 is 0. The van der Waals surface area contributed by atoms with Crippen molar-refractivity contribution in [1.29, 1.82) is 0 Å². The monoisotopic (exact) mass is 277 g/mol. The first-order chi connectivity index (χ1) is 9.70. The van der Waals surface area contributed by atoms with Gasteiger partial charge in [0.25, 0.3) is 0 Å². The standard InChI is InChI=1S/C16H27N3O/c1-4-17-10-14-9-13(2)16(18-11-14)19(3)12-15-7-5-6-8-20-15/h9,11,15,17H,4-8,10,12H2,1-3H3. The molecule has 112 valence electrons. The van der Waals surface area contributed by atoms with Gasteiger partial charge in [0.15, 0.2) is 0 Å². The zero-order valence-corrected chi connectivity index (χ0v) is 13.0. The highest BCUT2D eigenvalue weighted by molar-refractivity contribution is 5.46. The third-order valence-electron chi connectivity index (χ3n) is 3.80. The van der Waals surface area contributed by atoms with Crippen LogP contribution in [0.4, 0.5) is 5.82 Å². The summed E-state index contributed by atoms with van der Waals surface area (Å²) in [5.74, 6) is 1.07. The number of aryl methyl sites for hydroxylation is 1. The molecule has 2 rings (SSSR count). The van der Waals surface area contributed by atoms with E-state index in [1.807, 2.05) is 6.20 Å². The van der Waals surface area contributed by atoms with Gasteiger partial charge in [-0.05, 0) is 49.9 Å². The number of hydrogen-bond acceptors (Lipinski definition) is 4. The third-order valence-corrected chi connectivity index (χ3v) is 3.80. The molecule has 0 bridgehead atoms. The van der Waals surface area contributed by atoms with Crippen molar-refractivity contribution in [1.82, 2.24) is 10.3 Å². The molecule has 4 nitrogen and oxygen atoms in total. The second-order valence-corrected chi connectivity index (χ2v) is 5.63. The minimum atomic E-state index is 0.358. The first kappa shape index (κ1) is 15.3. The van der Waals surface area contributed by atoms with Crippen LogP contribution in [0.25, 0.3) is 0 Å². The molecular formula is C16H27N3O. The van der Waals surface area contributed by atoms with Crippen molar-refractivity contribution in [2.24, 2.45) is 0 Å². The Morgan fingerprint density at radius 1 is 1.45 bits per heavy atom. The van der Waals surface area contributed by atoms with Gasteiger partial charge in [-0.3, -0.25) is 0 Å². The number of hydrogen-bond donors (Lipinski definition) is 1. The number of aromatic nitrogens is 1. The van der Waals surface area contributed by atoms with E-state index in [1.54, 1.807) is 0 Å². The van der Waals surface area contributed by atoms with Crippen molar-refractivity contribution in [3.05, 3.63) is 23.4 Å². The van der Waals surface area contributed by atoms with Crippen LogP contribution in [0.5, 0.6) is 0 Å². The number of likely N-dealkylation sites (N-methyl/N-ethyl adjacent to an activating group) is 1. The summed E-state index contributed by atoms with van der Waals surface area (Å²) in [6.45, 7) is 7.97. The van der Waals surface area contributed by atoms with E-state index in [0.29, 0.717) is 6.10 Å². The second-order valence-electron chi connectivity index (χ2n) is 5.63. The van der Waals surface area contributed by atoms with Gasteiger partial charge in [0.05, 0.1) is 6.10 Å². The van der Waals surface area contributed by atoms with Crippen LogP contribution in [0.2, 0.25) is 0 Å². The SMILES string of the molecule is CCNCc1cnc(N(C)CC2CCCCO2)c(C)c1. The molecule has 4 heteroatoms. The number of anilines is 1. The van der Waals surface area contributed by atoms with Crippen LogP contribution in [0.15, 0.2) is 12.3 Å². The van der Waals surface area contributed by atoms with Crippen LogP contribution in [0.1, 0.15) is 37.3 Å². The fraction of sp³-hybridized carbons (Fsp3) is 0.688. The zero-order valence-electron chi connectivity index (χ0n) is 13.0. The number of rotatable bonds is 6. The van der Waals surface area contributed by atoms with Crippen molar-refractivity contribution in [3.63, 3.8) is 0 Å². The topological polar surface area (TPSA) is 37.4 Å². The van der Waals surface area contributed by atoms with Gasteiger partial charge in [-0.25, -0.2) is 4.98 Å². The van der Waals surface area contributed by atoms with E-state index in [9.17, 15) is 0 Å². The predicted octanol–water partition coefficient (Wildman–Crippen LogP) is 2.50. The van der Waals surface area contributed by atoms with Crippen molar-refractivity contribution in [2.45, 2.75) is 45.8 Å². The highest BCUT2D eigenvalue weighted by atomic mass is 16.5. The van der Waals surface area contributed by atoms with E-state index in [0.717, 1.165) is 32.1 Å². The maximum absolute atomic E-state index is 5.81. The summed E-state index contributed by atoms with van der Waals surface area (Å²) in [6.07, 6.45) is 5.99. The molecule has 0 aliphatic carbocycles. The molecule has 1 unspecified atom stereocenters. The first-order valence-electron chi connectivity index (χ1n) is 7.69. The summed E-state index contributed by atoms with van der Waals surface area (Å²) in [5, 5.41) is 3.33. The van der Waals surface area contributed by atoms with E-state index in [-0.39, 0.29) is 0 Å². The average Bonchev–Trinajstić information content (AvgIpc) is 2.46. The average molecular weight is 277 g/mol. The van der Waals surface area contributed by atoms with Crippen molar-refractivity contribution in [3.8, 4) is 0 Å². The van der Waals surface area contributed by atoms with Crippen LogP contribution >= 0.6 is 0 Å². The molecule has 1 aromatic heterocycles. The maximum Gasteiger partial charge on any atom is 0.131 e. The predicted molar refractivity (Wildman–Crippen MR) is 83.2 cm³/mol. The smallest absolute Gasteiger partial charge is 0.131 e.